The summed E-state index contributed by atoms with van der Waals surface area (Å²) in [6, 6.07) is 7.84. The van der Waals surface area contributed by atoms with Crippen molar-refractivity contribution in [3.05, 3.63) is 29.8 Å². The van der Waals surface area contributed by atoms with Gasteiger partial charge in [0, 0.05) is 23.8 Å². The molecule has 1 atom stereocenters. The number of hydrogen-bond donors (Lipinski definition) is 2. The molecule has 2 N–H and O–H groups in total. The van der Waals surface area contributed by atoms with Crippen LogP contribution >= 0.6 is 0 Å². The Morgan fingerprint density at radius 1 is 1.17 bits per heavy atom. The van der Waals surface area contributed by atoms with Gasteiger partial charge in [0.1, 0.15) is 0 Å². The summed E-state index contributed by atoms with van der Waals surface area (Å²) < 4.78 is 0. The summed E-state index contributed by atoms with van der Waals surface area (Å²) in [5.74, 6) is 0.471. The molecular formula is C15H24N2O. The average molecular weight is 248 g/mol. The third kappa shape index (κ3) is 4.06. The van der Waals surface area contributed by atoms with Gasteiger partial charge in [-0.2, -0.15) is 0 Å². The molecule has 0 fully saturated rings. The Hall–Kier alpha value is -1.51. The van der Waals surface area contributed by atoms with Gasteiger partial charge in [-0.1, -0.05) is 20.8 Å². The zero-order valence-electron chi connectivity index (χ0n) is 11.8. The Kier molecular flexibility index (Phi) is 5.69. The number of nitrogens with one attached hydrogen (secondary N) is 2. The fraction of sp³-hybridized carbons (Fsp3) is 0.533. The molecule has 1 aromatic rings. The summed E-state index contributed by atoms with van der Waals surface area (Å²) in [4.78, 5) is 12.1. The van der Waals surface area contributed by atoms with Crippen molar-refractivity contribution < 1.29 is 4.79 Å². The predicted octanol–water partition coefficient (Wildman–Crippen LogP) is 3.28. The maximum Gasteiger partial charge on any atom is 0.251 e. The van der Waals surface area contributed by atoms with Crippen LogP contribution in [0, 0.1) is 5.92 Å². The second-order valence-electron chi connectivity index (χ2n) is 4.84. The van der Waals surface area contributed by atoms with Gasteiger partial charge in [-0.15, -0.1) is 0 Å². The zero-order chi connectivity index (χ0) is 13.5. The highest BCUT2D eigenvalue weighted by molar-refractivity contribution is 5.94. The van der Waals surface area contributed by atoms with Gasteiger partial charge < -0.3 is 10.6 Å². The molecule has 100 valence electrons. The molecule has 0 spiro atoms. The van der Waals surface area contributed by atoms with E-state index in [1.54, 1.807) is 0 Å². The first kappa shape index (κ1) is 14.6. The molecule has 1 amide bonds. The lowest BCUT2D eigenvalue weighted by atomic mass is 10.0. The lowest BCUT2D eigenvalue weighted by Gasteiger charge is -2.20. The van der Waals surface area contributed by atoms with E-state index in [0.717, 1.165) is 24.2 Å². The minimum absolute atomic E-state index is 0.0126. The first-order chi connectivity index (χ1) is 8.58. The van der Waals surface area contributed by atoms with E-state index in [2.05, 4.69) is 38.3 Å². The molecule has 0 aliphatic carbocycles. The normalized spacial score (nSPS) is 12.3. The topological polar surface area (TPSA) is 41.1 Å². The molecule has 1 aromatic carbocycles. The van der Waals surface area contributed by atoms with Crippen molar-refractivity contribution in [1.29, 1.82) is 0 Å². The highest BCUT2D eigenvalue weighted by atomic mass is 16.1. The summed E-state index contributed by atoms with van der Waals surface area (Å²) >= 11 is 0. The van der Waals surface area contributed by atoms with Crippen LogP contribution in [0.5, 0.6) is 0 Å². The third-order valence-corrected chi connectivity index (χ3v) is 3.09. The summed E-state index contributed by atoms with van der Waals surface area (Å²) in [6.45, 7) is 9.29. The predicted molar refractivity (Wildman–Crippen MR) is 77.0 cm³/mol. The monoisotopic (exact) mass is 248 g/mol. The Labute approximate surface area is 110 Å². The lowest BCUT2D eigenvalue weighted by Crippen LogP contribution is -2.37. The molecule has 0 aliphatic rings. The molecular weight excluding hydrogens is 224 g/mol. The average Bonchev–Trinajstić information content (AvgIpc) is 2.36. The largest absolute Gasteiger partial charge is 0.385 e. The van der Waals surface area contributed by atoms with Gasteiger partial charge in [-0.05, 0) is 43.5 Å². The first-order valence-corrected chi connectivity index (χ1v) is 6.73. The summed E-state index contributed by atoms with van der Waals surface area (Å²) in [5, 5.41) is 6.29. The lowest BCUT2D eigenvalue weighted by molar-refractivity contribution is 0.0924. The van der Waals surface area contributed by atoms with Crippen LogP contribution in [0.15, 0.2) is 24.3 Å². The molecule has 0 bridgehead atoms. The van der Waals surface area contributed by atoms with Crippen molar-refractivity contribution >= 4 is 11.6 Å². The van der Waals surface area contributed by atoms with E-state index in [-0.39, 0.29) is 11.9 Å². The highest BCUT2D eigenvalue weighted by Crippen LogP contribution is 2.11. The standard InChI is InChI=1S/C15H24N2O/c1-5-14(11(3)4)17-15(18)12-7-9-13(10-8-12)16-6-2/h7-11,14,16H,5-6H2,1-4H3,(H,17,18). The molecule has 3 nitrogen and oxygen atoms in total. The van der Waals surface area contributed by atoms with Crippen LogP contribution in [0.3, 0.4) is 0 Å². The molecule has 3 heteroatoms. The van der Waals surface area contributed by atoms with Crippen molar-refractivity contribution in [1.82, 2.24) is 5.32 Å². The molecule has 0 aromatic heterocycles. The molecule has 0 saturated carbocycles. The fourth-order valence-corrected chi connectivity index (χ4v) is 1.94. The number of anilines is 1. The second-order valence-corrected chi connectivity index (χ2v) is 4.84. The Morgan fingerprint density at radius 2 is 1.78 bits per heavy atom. The van der Waals surface area contributed by atoms with Gasteiger partial charge in [0.25, 0.3) is 5.91 Å². The van der Waals surface area contributed by atoms with E-state index in [9.17, 15) is 4.79 Å². The van der Waals surface area contributed by atoms with Gasteiger partial charge in [0.2, 0.25) is 0 Å². The van der Waals surface area contributed by atoms with Crippen molar-refractivity contribution in [2.24, 2.45) is 5.92 Å². The molecule has 0 radical (unpaired) electrons. The number of benzene rings is 1. The Bertz CT molecular complexity index is 371. The SMILES string of the molecule is CCNc1ccc(C(=O)NC(CC)C(C)C)cc1. The molecule has 1 rings (SSSR count). The number of rotatable bonds is 6. The van der Waals surface area contributed by atoms with Crippen LogP contribution in [0.4, 0.5) is 5.69 Å². The molecule has 18 heavy (non-hydrogen) atoms. The first-order valence-electron chi connectivity index (χ1n) is 6.73. The molecule has 0 saturated heterocycles. The van der Waals surface area contributed by atoms with Crippen molar-refractivity contribution in [3.63, 3.8) is 0 Å². The van der Waals surface area contributed by atoms with Gasteiger partial charge >= 0.3 is 0 Å². The number of carbonyl (C=O) groups excluding carboxylic acids is 1. The van der Waals surface area contributed by atoms with E-state index < -0.39 is 0 Å². The minimum Gasteiger partial charge on any atom is -0.385 e. The Balaban J connectivity index is 2.66. The van der Waals surface area contributed by atoms with Gasteiger partial charge in [0.05, 0.1) is 0 Å². The maximum absolute atomic E-state index is 12.1. The van der Waals surface area contributed by atoms with Gasteiger partial charge in [0.15, 0.2) is 0 Å². The zero-order valence-corrected chi connectivity index (χ0v) is 11.8. The summed E-state index contributed by atoms with van der Waals surface area (Å²) in [6.07, 6.45) is 0.957. The Morgan fingerprint density at radius 3 is 2.22 bits per heavy atom. The van der Waals surface area contributed by atoms with Crippen LogP contribution in [0.1, 0.15) is 44.5 Å². The molecule has 1 unspecified atom stereocenters. The second kappa shape index (κ2) is 7.04. The van der Waals surface area contributed by atoms with Crippen molar-refractivity contribution in [3.8, 4) is 0 Å². The van der Waals surface area contributed by atoms with Crippen molar-refractivity contribution in [2.45, 2.75) is 40.2 Å². The third-order valence-electron chi connectivity index (χ3n) is 3.09. The maximum atomic E-state index is 12.1. The fourth-order valence-electron chi connectivity index (χ4n) is 1.94. The number of carbonyl (C=O) groups is 1. The quantitative estimate of drug-likeness (QED) is 0.811. The number of amides is 1. The van der Waals surface area contributed by atoms with Gasteiger partial charge in [-0.25, -0.2) is 0 Å². The van der Waals surface area contributed by atoms with Crippen LogP contribution in [-0.2, 0) is 0 Å². The van der Waals surface area contributed by atoms with Crippen LogP contribution in [0.2, 0.25) is 0 Å². The molecule has 0 aliphatic heterocycles. The highest BCUT2D eigenvalue weighted by Gasteiger charge is 2.14. The van der Waals surface area contributed by atoms with Gasteiger partial charge in [-0.3, -0.25) is 4.79 Å². The van der Waals surface area contributed by atoms with Crippen LogP contribution in [0.25, 0.3) is 0 Å². The minimum atomic E-state index is 0.0126. The molecule has 0 heterocycles. The summed E-state index contributed by atoms with van der Waals surface area (Å²) in [7, 11) is 0. The van der Waals surface area contributed by atoms with E-state index in [4.69, 9.17) is 0 Å². The summed E-state index contributed by atoms with van der Waals surface area (Å²) in [5.41, 5.74) is 1.76. The van der Waals surface area contributed by atoms with E-state index in [1.165, 1.54) is 0 Å². The van der Waals surface area contributed by atoms with Crippen LogP contribution in [-0.4, -0.2) is 18.5 Å². The van der Waals surface area contributed by atoms with Crippen molar-refractivity contribution in [2.75, 3.05) is 11.9 Å². The number of hydrogen-bond acceptors (Lipinski definition) is 2. The van der Waals surface area contributed by atoms with E-state index in [1.807, 2.05) is 24.3 Å². The smallest absolute Gasteiger partial charge is 0.251 e. The van der Waals surface area contributed by atoms with Crippen LogP contribution < -0.4 is 10.6 Å². The van der Waals surface area contributed by atoms with E-state index >= 15 is 0 Å². The van der Waals surface area contributed by atoms with E-state index in [0.29, 0.717) is 5.92 Å².